The number of aromatic amines is 1. The summed E-state index contributed by atoms with van der Waals surface area (Å²) in [6, 6.07) is 32.7. The van der Waals surface area contributed by atoms with Gasteiger partial charge in [0.25, 0.3) is 0 Å². The average molecular weight is 830 g/mol. The number of hydrogen-bond acceptors (Lipinski definition) is 3. The Bertz CT molecular complexity index is 3000. The molecule has 0 saturated carbocycles. The first-order valence-corrected chi connectivity index (χ1v) is 20.3. The second kappa shape index (κ2) is 15.6. The minimum Gasteiger partial charge on any atom is -0.657 e. The number of aliphatic imine (C=N–C) groups is 1. The van der Waals surface area contributed by atoms with Crippen LogP contribution in [0.1, 0.15) is 73.3 Å². The number of fused-ring (bicyclic) bond motifs is 8. The monoisotopic (exact) mass is 828 g/mol. The molecule has 0 saturated heterocycles. The first kappa shape index (κ1) is 39.1. The second-order valence-electron chi connectivity index (χ2n) is 16.2. The minimum atomic E-state index is 0. The van der Waals surface area contributed by atoms with E-state index in [-0.39, 0.29) is 31.4 Å². The molecule has 0 fully saturated rings. The minimum absolute atomic E-state index is 0. The smallest absolute Gasteiger partial charge is 0.657 e. The first-order chi connectivity index (χ1) is 28.7. The van der Waals surface area contributed by atoms with Gasteiger partial charge in [-0.25, -0.2) is 9.97 Å². The molecule has 7 aromatic rings. The molecule has 6 nitrogen and oxygen atoms in total. The largest absolute Gasteiger partial charge is 2.00 e. The molecular weight excluding hydrogens is 786 g/mol. The zero-order chi connectivity index (χ0) is 40.4. The third-order valence-electron chi connectivity index (χ3n) is 11.8. The van der Waals surface area contributed by atoms with Crippen LogP contribution in [0.25, 0.3) is 79.8 Å². The number of nitrogens with one attached hydrogen (secondary N) is 1. The van der Waals surface area contributed by atoms with Gasteiger partial charge in [-0.2, -0.15) is 0 Å². The van der Waals surface area contributed by atoms with Crippen LogP contribution in [0.15, 0.2) is 114 Å². The molecule has 2 unspecified atom stereocenters. The fourth-order valence-electron chi connectivity index (χ4n) is 9.49. The SMILES string of the molecule is Cc1cc(C)c(-c2c3nc(c(-c4ccc(C(c5ccc[nH]5)C5C=CC=N5)cc4)c4ccc([n-]4)c(-c4c(C)cc(C)cc4C)c4nc(cc5ccc2[n-]5)C=C4)C=C3)c(C)c1.[Zn+2]. The third kappa shape index (κ3) is 6.97. The van der Waals surface area contributed by atoms with Crippen molar-refractivity contribution in [3.63, 3.8) is 0 Å². The molecule has 4 aromatic heterocycles. The van der Waals surface area contributed by atoms with Crippen molar-refractivity contribution in [2.75, 3.05) is 0 Å². The molecule has 0 radical (unpaired) electrons. The van der Waals surface area contributed by atoms with Gasteiger partial charge in [0.15, 0.2) is 0 Å². The van der Waals surface area contributed by atoms with Gasteiger partial charge >= 0.3 is 19.5 Å². The van der Waals surface area contributed by atoms with Crippen LogP contribution in [0, 0.1) is 41.5 Å². The molecule has 0 amide bonds. The molecule has 0 aliphatic carbocycles. The van der Waals surface area contributed by atoms with Gasteiger partial charge in [0, 0.05) is 18.1 Å². The van der Waals surface area contributed by atoms with E-state index in [2.05, 4.69) is 168 Å². The Hall–Kier alpha value is -6.43. The van der Waals surface area contributed by atoms with E-state index in [1.165, 1.54) is 38.9 Å². The van der Waals surface area contributed by atoms with Crippen LogP contribution < -0.4 is 9.97 Å². The number of benzene rings is 3. The molecule has 7 heterocycles. The number of aryl methyl sites for hydroxylation is 6. The number of allylic oxidation sites excluding steroid dienone is 1. The molecule has 3 aliphatic rings. The predicted octanol–water partition coefficient (Wildman–Crippen LogP) is 12.2. The average Bonchev–Trinajstić information content (AvgIpc) is 4.06. The normalized spacial score (nSPS) is 14.5. The van der Waals surface area contributed by atoms with Crippen molar-refractivity contribution in [3.8, 4) is 33.4 Å². The molecule has 288 valence electrons. The van der Waals surface area contributed by atoms with Gasteiger partial charge in [0.2, 0.25) is 0 Å². The quantitative estimate of drug-likeness (QED) is 0.169. The zero-order valence-electron chi connectivity index (χ0n) is 34.9. The summed E-state index contributed by atoms with van der Waals surface area (Å²) in [5.74, 6) is 0.0563. The molecular formula is C53H44N6Zn. The molecule has 60 heavy (non-hydrogen) atoms. The van der Waals surface area contributed by atoms with Gasteiger partial charge < -0.3 is 15.0 Å². The number of hydrogen-bond donors (Lipinski definition) is 1. The van der Waals surface area contributed by atoms with E-state index < -0.39 is 0 Å². The van der Waals surface area contributed by atoms with E-state index >= 15 is 0 Å². The molecule has 10 rings (SSSR count). The number of aromatic nitrogens is 5. The Morgan fingerprint density at radius 2 is 1.13 bits per heavy atom. The zero-order valence-corrected chi connectivity index (χ0v) is 37.8. The second-order valence-corrected chi connectivity index (χ2v) is 16.2. The van der Waals surface area contributed by atoms with Gasteiger partial charge in [0.1, 0.15) is 0 Å². The number of nitrogens with zero attached hydrogens (tertiary/aromatic N) is 5. The molecule has 3 aromatic carbocycles. The van der Waals surface area contributed by atoms with E-state index in [1.54, 1.807) is 0 Å². The first-order valence-electron chi connectivity index (χ1n) is 20.3. The summed E-state index contributed by atoms with van der Waals surface area (Å²) < 4.78 is 0. The Morgan fingerprint density at radius 1 is 0.567 bits per heavy atom. The van der Waals surface area contributed by atoms with Crippen LogP contribution in [0.3, 0.4) is 0 Å². The van der Waals surface area contributed by atoms with Gasteiger partial charge in [-0.1, -0.05) is 96.1 Å². The van der Waals surface area contributed by atoms with Crippen LogP contribution in [0.2, 0.25) is 0 Å². The Balaban J connectivity index is 0.00000462. The summed E-state index contributed by atoms with van der Waals surface area (Å²) in [4.78, 5) is 29.7. The standard InChI is InChI=1S/C53H44N6.Zn/c1-30-25-32(3)48(33(4)26-30)52-44-17-15-38(56-44)29-39-16-18-45(57-39)53(49-34(5)27-31(2)28-35(49)6)47-22-20-43(59-47)51(42-19-21-46(52)58-42)37-13-11-36(12-14-37)50(40-9-7-23-54-40)41-10-8-24-55-41;/h7-29,40,50,55H,1-6H3;/q-2;+2. The van der Waals surface area contributed by atoms with Crippen LogP contribution in [0.4, 0.5) is 0 Å². The molecule has 3 aliphatic heterocycles. The maximum absolute atomic E-state index is 5.50. The van der Waals surface area contributed by atoms with E-state index in [1.807, 2.05) is 18.5 Å². The summed E-state index contributed by atoms with van der Waals surface area (Å²) >= 11 is 0. The fourth-order valence-corrected chi connectivity index (χ4v) is 9.49. The van der Waals surface area contributed by atoms with E-state index in [0.29, 0.717) is 0 Å². The van der Waals surface area contributed by atoms with Crippen LogP contribution in [0.5, 0.6) is 0 Å². The maximum atomic E-state index is 5.50. The summed E-state index contributed by atoms with van der Waals surface area (Å²) in [7, 11) is 0. The molecule has 0 spiro atoms. The van der Waals surface area contributed by atoms with Crippen LogP contribution >= 0.6 is 0 Å². The molecule has 2 atom stereocenters. The molecule has 7 heteroatoms. The van der Waals surface area contributed by atoms with E-state index in [4.69, 9.17) is 24.9 Å². The Labute approximate surface area is 363 Å². The fraction of sp³-hybridized carbons (Fsp3) is 0.151. The van der Waals surface area contributed by atoms with E-state index in [9.17, 15) is 0 Å². The van der Waals surface area contributed by atoms with Gasteiger partial charge in [0.05, 0.1) is 34.7 Å². The van der Waals surface area contributed by atoms with Crippen molar-refractivity contribution in [1.29, 1.82) is 0 Å². The summed E-state index contributed by atoms with van der Waals surface area (Å²) in [6.45, 7) is 13.0. The van der Waals surface area contributed by atoms with Crippen molar-refractivity contribution in [2.24, 2.45) is 4.99 Å². The van der Waals surface area contributed by atoms with Crippen molar-refractivity contribution >= 4 is 52.6 Å². The molecule has 1 N–H and O–H groups in total. The van der Waals surface area contributed by atoms with Crippen molar-refractivity contribution in [1.82, 2.24) is 24.9 Å². The number of H-pyrrole nitrogens is 1. The predicted molar refractivity (Wildman–Crippen MR) is 246 cm³/mol. The van der Waals surface area contributed by atoms with Gasteiger partial charge in [-0.3, -0.25) is 4.99 Å². The summed E-state index contributed by atoms with van der Waals surface area (Å²) in [5, 5.41) is 0. The Kier molecular flexibility index (Phi) is 10.2. The van der Waals surface area contributed by atoms with Crippen molar-refractivity contribution < 1.29 is 19.5 Å². The van der Waals surface area contributed by atoms with Crippen LogP contribution in [-0.4, -0.2) is 27.2 Å². The Morgan fingerprint density at radius 3 is 1.73 bits per heavy atom. The number of rotatable bonds is 6. The third-order valence-corrected chi connectivity index (χ3v) is 11.8. The van der Waals surface area contributed by atoms with Crippen LogP contribution in [-0.2, 0) is 19.5 Å². The van der Waals surface area contributed by atoms with Crippen molar-refractivity contribution in [2.45, 2.75) is 53.5 Å². The molecule has 8 bridgehead atoms. The summed E-state index contributed by atoms with van der Waals surface area (Å²) in [6.07, 6.45) is 16.6. The maximum Gasteiger partial charge on any atom is 2.00 e. The van der Waals surface area contributed by atoms with Gasteiger partial charge in [-0.15, -0.1) is 22.1 Å². The van der Waals surface area contributed by atoms with Gasteiger partial charge in [-0.05, 0) is 145 Å². The summed E-state index contributed by atoms with van der Waals surface area (Å²) in [5.41, 5.74) is 22.8. The topological polar surface area (TPSA) is 82.1 Å². The van der Waals surface area contributed by atoms with E-state index in [0.717, 1.165) is 83.9 Å². The van der Waals surface area contributed by atoms with Crippen molar-refractivity contribution in [3.05, 3.63) is 177 Å².